The summed E-state index contributed by atoms with van der Waals surface area (Å²) in [5.41, 5.74) is 0.626. The first kappa shape index (κ1) is 15.8. The molecule has 5 nitrogen and oxygen atoms in total. The van der Waals surface area contributed by atoms with Crippen molar-refractivity contribution in [1.29, 1.82) is 0 Å². The maximum absolute atomic E-state index is 12.7. The lowest BCUT2D eigenvalue weighted by Crippen LogP contribution is -2.52. The minimum atomic E-state index is -3.59. The summed E-state index contributed by atoms with van der Waals surface area (Å²) in [6.45, 7) is 11.7. The summed E-state index contributed by atoms with van der Waals surface area (Å²) >= 11 is 6.06. The van der Waals surface area contributed by atoms with Gasteiger partial charge in [-0.3, -0.25) is 4.90 Å². The largest absolute Gasteiger partial charge is 0.295 e. The van der Waals surface area contributed by atoms with Gasteiger partial charge in [0, 0.05) is 31.7 Å². The van der Waals surface area contributed by atoms with Crippen LogP contribution in [0.3, 0.4) is 0 Å². The van der Waals surface area contributed by atoms with Gasteiger partial charge in [0.05, 0.1) is 16.5 Å². The van der Waals surface area contributed by atoms with Crippen LogP contribution < -0.4 is 0 Å². The maximum Gasteiger partial charge on any atom is 0.244 e. The molecule has 1 saturated heterocycles. The van der Waals surface area contributed by atoms with Crippen LogP contribution in [0.2, 0.25) is 5.02 Å². The molecule has 0 unspecified atom stereocenters. The zero-order chi connectivity index (χ0) is 16.0. The topological polar surface area (TPSA) is 45.0 Å². The lowest BCUT2D eigenvalue weighted by atomic mass is 10.2. The van der Waals surface area contributed by atoms with E-state index in [1.54, 1.807) is 0 Å². The van der Waals surface area contributed by atoms with Gasteiger partial charge in [-0.2, -0.15) is 4.31 Å². The first-order chi connectivity index (χ1) is 10.4. The van der Waals surface area contributed by atoms with Crippen LogP contribution in [0.5, 0.6) is 0 Å². The smallest absolute Gasteiger partial charge is 0.244 e. The highest BCUT2D eigenvalue weighted by Gasteiger charge is 2.45. The van der Waals surface area contributed by atoms with Crippen molar-refractivity contribution in [2.24, 2.45) is 0 Å². The fourth-order valence-corrected chi connectivity index (χ4v) is 4.81. The van der Waals surface area contributed by atoms with Crippen molar-refractivity contribution >= 4 is 27.3 Å². The van der Waals surface area contributed by atoms with Crippen LogP contribution in [0.25, 0.3) is 4.85 Å². The van der Waals surface area contributed by atoms with Gasteiger partial charge in [-0.05, 0) is 25.8 Å². The fraction of sp³-hybridized carbons (Fsp3) is 0.533. The van der Waals surface area contributed by atoms with E-state index in [4.69, 9.17) is 18.2 Å². The van der Waals surface area contributed by atoms with Crippen molar-refractivity contribution in [3.05, 3.63) is 34.6 Å². The van der Waals surface area contributed by atoms with Crippen LogP contribution in [0.1, 0.15) is 19.8 Å². The fourth-order valence-electron chi connectivity index (χ4n) is 2.87. The van der Waals surface area contributed by atoms with Crippen molar-refractivity contribution in [3.63, 3.8) is 0 Å². The summed E-state index contributed by atoms with van der Waals surface area (Å²) in [4.78, 5) is 5.73. The zero-order valence-corrected chi connectivity index (χ0v) is 14.0. The Kier molecular flexibility index (Phi) is 3.94. The van der Waals surface area contributed by atoms with E-state index in [0.717, 1.165) is 13.1 Å². The summed E-state index contributed by atoms with van der Waals surface area (Å²) < 4.78 is 26.9. The average molecular weight is 340 g/mol. The second-order valence-corrected chi connectivity index (χ2v) is 8.43. The van der Waals surface area contributed by atoms with Crippen LogP contribution in [0.15, 0.2) is 23.1 Å². The molecular weight excluding hydrogens is 322 g/mol. The molecule has 2 aliphatic rings. The summed E-state index contributed by atoms with van der Waals surface area (Å²) in [5, 5.41) is 0.116. The molecule has 0 N–H and O–H groups in total. The minimum Gasteiger partial charge on any atom is -0.295 e. The molecule has 2 fully saturated rings. The average Bonchev–Trinajstić information content (AvgIpc) is 3.26. The van der Waals surface area contributed by atoms with Gasteiger partial charge in [-0.15, -0.1) is 0 Å². The number of halogens is 1. The molecule has 1 saturated carbocycles. The predicted molar refractivity (Wildman–Crippen MR) is 85.7 cm³/mol. The molecule has 1 aromatic rings. The van der Waals surface area contributed by atoms with Crippen molar-refractivity contribution in [3.8, 4) is 0 Å². The standard InChI is InChI=1S/C15H18ClN3O2S/c1-15(5-6-15)18-7-9-19(10-8-18)22(20,21)14-4-3-12(17-2)11-13(14)16/h3-4,11H,5-10H2,1H3. The van der Waals surface area contributed by atoms with Gasteiger partial charge < -0.3 is 0 Å². The Morgan fingerprint density at radius 1 is 1.23 bits per heavy atom. The third-order valence-electron chi connectivity index (χ3n) is 4.64. The number of nitrogens with zero attached hydrogens (tertiary/aromatic N) is 3. The summed E-state index contributed by atoms with van der Waals surface area (Å²) in [7, 11) is -3.59. The minimum absolute atomic E-state index is 0.0904. The predicted octanol–water partition coefficient (Wildman–Crippen LogP) is 2.75. The van der Waals surface area contributed by atoms with Gasteiger partial charge in [-0.1, -0.05) is 23.7 Å². The Balaban J connectivity index is 1.78. The number of piperazine rings is 1. The third-order valence-corrected chi connectivity index (χ3v) is 7.02. The quantitative estimate of drug-likeness (QED) is 0.795. The maximum atomic E-state index is 12.7. The number of benzene rings is 1. The van der Waals surface area contributed by atoms with Crippen LogP contribution in [0, 0.1) is 6.57 Å². The van der Waals surface area contributed by atoms with E-state index >= 15 is 0 Å². The Bertz CT molecular complexity index is 730. The number of rotatable bonds is 3. The molecule has 0 atom stereocenters. The number of hydrogen-bond acceptors (Lipinski definition) is 3. The Hall–Kier alpha value is -1.13. The Morgan fingerprint density at radius 2 is 1.86 bits per heavy atom. The van der Waals surface area contributed by atoms with Crippen LogP contribution in [-0.2, 0) is 10.0 Å². The normalized spacial score (nSPS) is 22.2. The summed E-state index contributed by atoms with van der Waals surface area (Å²) in [6, 6.07) is 4.33. The monoisotopic (exact) mass is 339 g/mol. The SMILES string of the molecule is [C-]#[N+]c1ccc(S(=O)(=O)N2CCN(C3(C)CC3)CC2)c(Cl)c1. The van der Waals surface area contributed by atoms with E-state index in [1.165, 1.54) is 35.3 Å². The third kappa shape index (κ3) is 2.74. The number of hydrogen-bond donors (Lipinski definition) is 0. The summed E-state index contributed by atoms with van der Waals surface area (Å²) in [6.07, 6.45) is 2.40. The van der Waals surface area contributed by atoms with Gasteiger partial charge in [0.2, 0.25) is 10.0 Å². The highest BCUT2D eigenvalue weighted by Crippen LogP contribution is 2.41. The molecule has 0 spiro atoms. The molecule has 0 amide bonds. The molecule has 1 aliphatic carbocycles. The Labute approximate surface area is 136 Å². The van der Waals surface area contributed by atoms with Gasteiger partial charge >= 0.3 is 0 Å². The molecule has 0 aromatic heterocycles. The second-order valence-electron chi connectivity index (χ2n) is 6.11. The van der Waals surface area contributed by atoms with Crippen molar-refractivity contribution in [1.82, 2.24) is 9.21 Å². The van der Waals surface area contributed by atoms with E-state index in [9.17, 15) is 8.42 Å². The van der Waals surface area contributed by atoms with Crippen molar-refractivity contribution in [2.75, 3.05) is 26.2 Å². The first-order valence-electron chi connectivity index (χ1n) is 7.29. The van der Waals surface area contributed by atoms with E-state index in [2.05, 4.69) is 16.7 Å². The van der Waals surface area contributed by atoms with Crippen molar-refractivity contribution in [2.45, 2.75) is 30.2 Å². The second kappa shape index (κ2) is 5.50. The molecule has 1 heterocycles. The van der Waals surface area contributed by atoms with Gasteiger partial charge in [0.25, 0.3) is 0 Å². The lowest BCUT2D eigenvalue weighted by Gasteiger charge is -2.37. The van der Waals surface area contributed by atoms with Crippen LogP contribution in [-0.4, -0.2) is 49.3 Å². The number of sulfonamides is 1. The van der Waals surface area contributed by atoms with Gasteiger partial charge in [-0.25, -0.2) is 13.3 Å². The molecule has 118 valence electrons. The van der Waals surface area contributed by atoms with Crippen molar-refractivity contribution < 1.29 is 8.42 Å². The molecule has 0 radical (unpaired) electrons. The van der Waals surface area contributed by atoms with Gasteiger partial charge in [0.1, 0.15) is 0 Å². The molecule has 0 bridgehead atoms. The van der Waals surface area contributed by atoms with Gasteiger partial charge in [0.15, 0.2) is 5.69 Å². The first-order valence-corrected chi connectivity index (χ1v) is 9.11. The summed E-state index contributed by atoms with van der Waals surface area (Å²) in [5.74, 6) is 0. The molecule has 22 heavy (non-hydrogen) atoms. The highest BCUT2D eigenvalue weighted by molar-refractivity contribution is 7.89. The molecule has 1 aliphatic heterocycles. The van der Waals surface area contributed by atoms with E-state index < -0.39 is 10.0 Å². The molecule has 7 heteroatoms. The molecule has 1 aromatic carbocycles. The van der Waals surface area contributed by atoms with E-state index in [0.29, 0.717) is 18.8 Å². The lowest BCUT2D eigenvalue weighted by molar-refractivity contribution is 0.132. The molecular formula is C15H18ClN3O2S. The molecule has 3 rings (SSSR count). The zero-order valence-electron chi connectivity index (χ0n) is 12.4. The highest BCUT2D eigenvalue weighted by atomic mass is 35.5. The van der Waals surface area contributed by atoms with E-state index in [-0.39, 0.29) is 15.5 Å². The van der Waals surface area contributed by atoms with E-state index in [1.807, 2.05) is 0 Å². The van der Waals surface area contributed by atoms with Crippen LogP contribution >= 0.6 is 11.6 Å². The van der Waals surface area contributed by atoms with Crippen LogP contribution in [0.4, 0.5) is 5.69 Å². The Morgan fingerprint density at radius 3 is 2.36 bits per heavy atom.